The van der Waals surface area contributed by atoms with Gasteiger partial charge in [0.25, 0.3) is 0 Å². The van der Waals surface area contributed by atoms with E-state index in [9.17, 15) is 0 Å². The second-order valence-electron chi connectivity index (χ2n) is 5.86. The first kappa shape index (κ1) is 13.3. The van der Waals surface area contributed by atoms with Crippen LogP contribution in [-0.4, -0.2) is 14.5 Å². The van der Waals surface area contributed by atoms with E-state index in [1.807, 2.05) is 48.8 Å². The van der Waals surface area contributed by atoms with Gasteiger partial charge in [-0.15, -0.1) is 0 Å². The Labute approximate surface area is 139 Å². The Balaban J connectivity index is 1.81. The summed E-state index contributed by atoms with van der Waals surface area (Å²) in [6.07, 6.45) is 4.49. The van der Waals surface area contributed by atoms with Crippen LogP contribution in [0.4, 0.5) is 0 Å². The Kier molecular flexibility index (Phi) is 2.73. The molecule has 0 saturated heterocycles. The maximum absolute atomic E-state index is 6.13. The van der Waals surface area contributed by atoms with Gasteiger partial charge in [0.1, 0.15) is 11.3 Å². The van der Waals surface area contributed by atoms with Crippen molar-refractivity contribution in [1.82, 2.24) is 14.5 Å². The number of aryl methyl sites for hydroxylation is 1. The first-order chi connectivity index (χ1) is 11.8. The van der Waals surface area contributed by atoms with Crippen molar-refractivity contribution in [2.24, 2.45) is 0 Å². The number of benzene rings is 2. The van der Waals surface area contributed by atoms with Crippen LogP contribution in [0, 0.1) is 0 Å². The van der Waals surface area contributed by atoms with Crippen LogP contribution in [0.25, 0.3) is 27.8 Å². The van der Waals surface area contributed by atoms with Crippen LogP contribution in [0.5, 0.6) is 11.5 Å². The zero-order valence-corrected chi connectivity index (χ0v) is 13.2. The third kappa shape index (κ3) is 1.80. The lowest BCUT2D eigenvalue weighted by Crippen LogP contribution is -2.07. The number of pyridine rings is 1. The molecule has 2 aromatic carbocycles. The molecule has 2 aromatic heterocycles. The van der Waals surface area contributed by atoms with Crippen LogP contribution in [0.3, 0.4) is 0 Å². The summed E-state index contributed by atoms with van der Waals surface area (Å²) < 4.78 is 8.36. The van der Waals surface area contributed by atoms with E-state index < -0.39 is 0 Å². The molecule has 4 heteroatoms. The highest BCUT2D eigenvalue weighted by Crippen LogP contribution is 2.42. The van der Waals surface area contributed by atoms with Crippen molar-refractivity contribution >= 4 is 11.0 Å². The maximum atomic E-state index is 6.13. The minimum atomic E-state index is 0.862. The number of para-hydroxylation sites is 1. The summed E-state index contributed by atoms with van der Waals surface area (Å²) in [5.74, 6) is 2.78. The van der Waals surface area contributed by atoms with Gasteiger partial charge in [-0.25, -0.2) is 4.98 Å². The highest BCUT2D eigenvalue weighted by Gasteiger charge is 2.23. The number of hydrogen-bond acceptors (Lipinski definition) is 3. The van der Waals surface area contributed by atoms with Crippen molar-refractivity contribution in [1.29, 1.82) is 0 Å². The number of ether oxygens (including phenoxy) is 1. The largest absolute Gasteiger partial charge is 0.453 e. The molecule has 0 bridgehead atoms. The van der Waals surface area contributed by atoms with E-state index in [4.69, 9.17) is 9.72 Å². The van der Waals surface area contributed by atoms with Gasteiger partial charge in [-0.05, 0) is 47.5 Å². The summed E-state index contributed by atoms with van der Waals surface area (Å²) in [6, 6.07) is 16.3. The quantitative estimate of drug-likeness (QED) is 0.472. The Bertz CT molecular complexity index is 1070. The van der Waals surface area contributed by atoms with Gasteiger partial charge in [0.05, 0.1) is 11.2 Å². The monoisotopic (exact) mass is 313 g/mol. The molecule has 24 heavy (non-hydrogen) atoms. The molecule has 0 radical (unpaired) electrons. The van der Waals surface area contributed by atoms with Crippen molar-refractivity contribution in [2.45, 2.75) is 13.3 Å². The molecule has 0 aliphatic carbocycles. The zero-order chi connectivity index (χ0) is 16.1. The summed E-state index contributed by atoms with van der Waals surface area (Å²) in [4.78, 5) is 8.88. The zero-order valence-electron chi connectivity index (χ0n) is 13.2. The molecule has 116 valence electrons. The third-order valence-corrected chi connectivity index (χ3v) is 4.46. The highest BCUT2D eigenvalue weighted by atomic mass is 16.5. The van der Waals surface area contributed by atoms with Crippen molar-refractivity contribution in [3.05, 3.63) is 66.7 Å². The lowest BCUT2D eigenvalue weighted by Gasteiger charge is -2.21. The number of rotatable bonds is 2. The molecule has 1 aliphatic rings. The van der Waals surface area contributed by atoms with Crippen molar-refractivity contribution in [3.8, 4) is 28.3 Å². The minimum Gasteiger partial charge on any atom is -0.453 e. The fourth-order valence-electron chi connectivity index (χ4n) is 3.34. The van der Waals surface area contributed by atoms with Crippen LogP contribution in [0.1, 0.15) is 12.7 Å². The first-order valence-electron chi connectivity index (χ1n) is 8.08. The SMILES string of the molecule is CCc1nc2cccc3c2n1-c1cc(-c2ccncc2)ccc1O3. The van der Waals surface area contributed by atoms with Crippen LogP contribution >= 0.6 is 0 Å². The highest BCUT2D eigenvalue weighted by molar-refractivity contribution is 5.88. The van der Waals surface area contributed by atoms with Gasteiger partial charge >= 0.3 is 0 Å². The minimum absolute atomic E-state index is 0.862. The van der Waals surface area contributed by atoms with Crippen LogP contribution in [0.2, 0.25) is 0 Å². The molecule has 0 atom stereocenters. The Morgan fingerprint density at radius 3 is 2.67 bits per heavy atom. The van der Waals surface area contributed by atoms with Gasteiger partial charge in [0.15, 0.2) is 11.5 Å². The van der Waals surface area contributed by atoms with E-state index in [0.29, 0.717) is 0 Å². The number of fused-ring (bicyclic) bond motifs is 2. The molecule has 1 aliphatic heterocycles. The number of aromatic nitrogens is 3. The molecular weight excluding hydrogens is 298 g/mol. The Hall–Kier alpha value is -3.14. The molecule has 0 saturated carbocycles. The summed E-state index contributed by atoms with van der Waals surface area (Å²) in [5.41, 5.74) is 5.35. The molecule has 4 nitrogen and oxygen atoms in total. The lowest BCUT2D eigenvalue weighted by atomic mass is 10.1. The van der Waals surface area contributed by atoms with E-state index in [1.165, 1.54) is 0 Å². The first-order valence-corrected chi connectivity index (χ1v) is 8.08. The number of imidazole rings is 1. The molecule has 4 aromatic rings. The van der Waals surface area contributed by atoms with E-state index in [2.05, 4.69) is 28.6 Å². The van der Waals surface area contributed by atoms with Gasteiger partial charge < -0.3 is 4.74 Å². The predicted molar refractivity (Wildman–Crippen MR) is 93.8 cm³/mol. The summed E-state index contributed by atoms with van der Waals surface area (Å²) >= 11 is 0. The molecule has 0 fully saturated rings. The fraction of sp³-hybridized carbons (Fsp3) is 0.100. The smallest absolute Gasteiger partial charge is 0.153 e. The van der Waals surface area contributed by atoms with Gasteiger partial charge in [-0.3, -0.25) is 9.55 Å². The third-order valence-electron chi connectivity index (χ3n) is 4.46. The van der Waals surface area contributed by atoms with E-state index in [-0.39, 0.29) is 0 Å². The predicted octanol–water partition coefficient (Wildman–Crippen LogP) is 4.76. The molecular formula is C20H15N3O. The average molecular weight is 313 g/mol. The molecule has 0 amide bonds. The van der Waals surface area contributed by atoms with Crippen LogP contribution in [0.15, 0.2) is 60.9 Å². The number of nitrogens with zero attached hydrogens (tertiary/aromatic N) is 3. The average Bonchev–Trinajstić information content (AvgIpc) is 3.03. The standard InChI is InChI=1S/C20H15N3O/c1-2-19-22-15-4-3-5-18-20(15)23(19)16-12-14(6-7-17(16)24-18)13-8-10-21-11-9-13/h3-12H,2H2,1H3. The second-order valence-corrected chi connectivity index (χ2v) is 5.86. The topological polar surface area (TPSA) is 39.9 Å². The summed E-state index contributed by atoms with van der Waals surface area (Å²) in [7, 11) is 0. The Morgan fingerprint density at radius 1 is 0.958 bits per heavy atom. The van der Waals surface area contributed by atoms with Gasteiger partial charge in [0.2, 0.25) is 0 Å². The number of hydrogen-bond donors (Lipinski definition) is 0. The van der Waals surface area contributed by atoms with Crippen LogP contribution in [-0.2, 0) is 6.42 Å². The van der Waals surface area contributed by atoms with E-state index in [0.717, 1.165) is 51.6 Å². The van der Waals surface area contributed by atoms with E-state index >= 15 is 0 Å². The molecule has 0 spiro atoms. The van der Waals surface area contributed by atoms with Gasteiger partial charge in [-0.1, -0.05) is 19.1 Å². The molecule has 5 rings (SSSR count). The molecule has 0 unspecified atom stereocenters. The lowest BCUT2D eigenvalue weighted by molar-refractivity contribution is 0.474. The van der Waals surface area contributed by atoms with Crippen molar-refractivity contribution in [2.75, 3.05) is 0 Å². The van der Waals surface area contributed by atoms with Crippen LogP contribution < -0.4 is 4.74 Å². The molecule has 0 N–H and O–H groups in total. The molecule has 3 heterocycles. The van der Waals surface area contributed by atoms with Gasteiger partial charge in [0, 0.05) is 18.8 Å². The fourth-order valence-corrected chi connectivity index (χ4v) is 3.34. The van der Waals surface area contributed by atoms with Crippen molar-refractivity contribution < 1.29 is 4.74 Å². The maximum Gasteiger partial charge on any atom is 0.153 e. The van der Waals surface area contributed by atoms with Gasteiger partial charge in [-0.2, -0.15) is 0 Å². The summed E-state index contributed by atoms with van der Waals surface area (Å²) in [5, 5.41) is 0. The van der Waals surface area contributed by atoms with E-state index in [1.54, 1.807) is 0 Å². The normalized spacial score (nSPS) is 12.0. The second kappa shape index (κ2) is 4.93. The van der Waals surface area contributed by atoms with Crippen molar-refractivity contribution in [3.63, 3.8) is 0 Å². The summed E-state index contributed by atoms with van der Waals surface area (Å²) in [6.45, 7) is 2.13. The Morgan fingerprint density at radius 2 is 1.83 bits per heavy atom.